The second-order valence-corrected chi connectivity index (χ2v) is 5.37. The molecule has 0 N–H and O–H groups in total. The molecule has 0 aromatic rings. The largest absolute Gasteiger partial charge is 0.303 e. The lowest BCUT2D eigenvalue weighted by molar-refractivity contribution is -0.112. The topological polar surface area (TPSA) is 17.1 Å². The monoisotopic (exact) mass is 208 g/mol. The van der Waals surface area contributed by atoms with Gasteiger partial charge in [-0.05, 0) is 37.5 Å². The molecular formula is C14H24O. The van der Waals surface area contributed by atoms with Crippen molar-refractivity contribution in [2.75, 3.05) is 0 Å². The van der Waals surface area contributed by atoms with Gasteiger partial charge in [0.2, 0.25) is 0 Å². The maximum absolute atomic E-state index is 10.9. The fourth-order valence-corrected chi connectivity index (χ4v) is 2.24. The van der Waals surface area contributed by atoms with Gasteiger partial charge in [-0.25, -0.2) is 0 Å². The summed E-state index contributed by atoms with van der Waals surface area (Å²) in [7, 11) is 0. The number of allylic oxidation sites excluding steroid dienone is 2. The quantitative estimate of drug-likeness (QED) is 0.493. The van der Waals surface area contributed by atoms with Gasteiger partial charge >= 0.3 is 0 Å². The summed E-state index contributed by atoms with van der Waals surface area (Å²) in [5.74, 6) is 1.63. The second-order valence-electron chi connectivity index (χ2n) is 5.37. The van der Waals surface area contributed by atoms with Crippen LogP contribution < -0.4 is 0 Å². The molecule has 1 nitrogen and oxygen atoms in total. The van der Waals surface area contributed by atoms with Crippen molar-refractivity contribution in [2.24, 2.45) is 17.8 Å². The zero-order valence-electron chi connectivity index (χ0n) is 10.3. The minimum atomic E-state index is 0.282. The molecule has 1 aliphatic rings. The van der Waals surface area contributed by atoms with Crippen molar-refractivity contribution in [1.29, 1.82) is 0 Å². The number of carbonyl (C=O) groups is 1. The van der Waals surface area contributed by atoms with Crippen LogP contribution in [0, 0.1) is 17.8 Å². The van der Waals surface area contributed by atoms with E-state index in [-0.39, 0.29) is 5.92 Å². The molecule has 0 saturated carbocycles. The van der Waals surface area contributed by atoms with Crippen LogP contribution in [0.15, 0.2) is 11.6 Å². The van der Waals surface area contributed by atoms with Crippen LogP contribution in [0.1, 0.15) is 52.9 Å². The van der Waals surface area contributed by atoms with E-state index >= 15 is 0 Å². The Morgan fingerprint density at radius 3 is 2.87 bits per heavy atom. The summed E-state index contributed by atoms with van der Waals surface area (Å²) in [6.07, 6.45) is 9.42. The van der Waals surface area contributed by atoms with Gasteiger partial charge < -0.3 is 4.79 Å². The minimum absolute atomic E-state index is 0.282. The first-order valence-corrected chi connectivity index (χ1v) is 6.26. The Bertz CT molecular complexity index is 227. The highest BCUT2D eigenvalue weighted by Crippen LogP contribution is 2.30. The van der Waals surface area contributed by atoms with E-state index in [9.17, 15) is 4.79 Å². The molecule has 2 unspecified atom stereocenters. The average Bonchev–Trinajstić information content (AvgIpc) is 2.20. The zero-order valence-corrected chi connectivity index (χ0v) is 10.3. The fourth-order valence-electron chi connectivity index (χ4n) is 2.24. The molecule has 1 rings (SSSR count). The van der Waals surface area contributed by atoms with Crippen LogP contribution in [0.2, 0.25) is 0 Å². The van der Waals surface area contributed by atoms with E-state index in [4.69, 9.17) is 0 Å². The van der Waals surface area contributed by atoms with Crippen molar-refractivity contribution in [3.63, 3.8) is 0 Å². The Morgan fingerprint density at radius 2 is 2.27 bits per heavy atom. The van der Waals surface area contributed by atoms with E-state index in [0.29, 0.717) is 5.92 Å². The van der Waals surface area contributed by atoms with Crippen molar-refractivity contribution in [2.45, 2.75) is 52.9 Å². The maximum Gasteiger partial charge on any atom is 0.123 e. The Kier molecular flexibility index (Phi) is 5.07. The normalized spacial score (nSPS) is 26.5. The Balaban J connectivity index is 2.33. The summed E-state index contributed by atoms with van der Waals surface area (Å²) in [5.41, 5.74) is 1.52. The Labute approximate surface area is 93.9 Å². The highest BCUT2D eigenvalue weighted by molar-refractivity contribution is 5.55. The molecule has 15 heavy (non-hydrogen) atoms. The van der Waals surface area contributed by atoms with E-state index in [1.807, 2.05) is 0 Å². The van der Waals surface area contributed by atoms with E-state index in [2.05, 4.69) is 26.8 Å². The van der Waals surface area contributed by atoms with Gasteiger partial charge in [0.05, 0.1) is 0 Å². The molecule has 0 aliphatic heterocycles. The molecule has 0 aromatic carbocycles. The predicted octanol–water partition coefficient (Wildman–Crippen LogP) is 3.98. The van der Waals surface area contributed by atoms with Gasteiger partial charge in [0.1, 0.15) is 6.29 Å². The molecular weight excluding hydrogens is 184 g/mol. The van der Waals surface area contributed by atoms with Crippen LogP contribution in [-0.4, -0.2) is 6.29 Å². The number of hydrogen-bond acceptors (Lipinski definition) is 1. The highest BCUT2D eigenvalue weighted by atomic mass is 16.1. The lowest BCUT2D eigenvalue weighted by Crippen LogP contribution is -2.17. The van der Waals surface area contributed by atoms with E-state index in [1.54, 1.807) is 0 Å². The molecule has 0 bridgehead atoms. The second kappa shape index (κ2) is 6.09. The molecule has 0 saturated heterocycles. The first-order valence-electron chi connectivity index (χ1n) is 6.26. The van der Waals surface area contributed by atoms with Crippen molar-refractivity contribution in [3.05, 3.63) is 11.6 Å². The Hall–Kier alpha value is -0.590. The number of aldehydes is 1. The fraction of sp³-hybridized carbons (Fsp3) is 0.786. The summed E-state index contributed by atoms with van der Waals surface area (Å²) in [4.78, 5) is 10.9. The van der Waals surface area contributed by atoms with Crippen LogP contribution in [-0.2, 0) is 4.79 Å². The summed E-state index contributed by atoms with van der Waals surface area (Å²) in [6, 6.07) is 0. The zero-order chi connectivity index (χ0) is 11.3. The molecule has 0 aromatic heterocycles. The first kappa shape index (κ1) is 12.5. The van der Waals surface area contributed by atoms with Crippen molar-refractivity contribution < 1.29 is 4.79 Å². The SMILES string of the molecule is CC(C)CCCC1=CCC(C)C(C=O)C1. The molecule has 2 atom stereocenters. The van der Waals surface area contributed by atoms with Gasteiger partial charge in [-0.1, -0.05) is 38.8 Å². The third kappa shape index (κ3) is 4.19. The first-order chi connectivity index (χ1) is 7.13. The van der Waals surface area contributed by atoms with Crippen molar-refractivity contribution >= 4 is 6.29 Å². The lowest BCUT2D eigenvalue weighted by atomic mass is 9.80. The third-order valence-electron chi connectivity index (χ3n) is 3.46. The van der Waals surface area contributed by atoms with Crippen LogP contribution in [0.3, 0.4) is 0 Å². The van der Waals surface area contributed by atoms with Crippen molar-refractivity contribution in [1.82, 2.24) is 0 Å². The van der Waals surface area contributed by atoms with Crippen LogP contribution in [0.25, 0.3) is 0 Å². The highest BCUT2D eigenvalue weighted by Gasteiger charge is 2.21. The lowest BCUT2D eigenvalue weighted by Gasteiger charge is -2.24. The summed E-state index contributed by atoms with van der Waals surface area (Å²) in [6.45, 7) is 6.72. The van der Waals surface area contributed by atoms with E-state index in [0.717, 1.165) is 25.0 Å². The summed E-state index contributed by atoms with van der Waals surface area (Å²) >= 11 is 0. The molecule has 1 heteroatoms. The number of hydrogen-bond donors (Lipinski definition) is 0. The van der Waals surface area contributed by atoms with Gasteiger partial charge in [-0.2, -0.15) is 0 Å². The molecule has 0 spiro atoms. The standard InChI is InChI=1S/C14H24O/c1-11(2)5-4-6-13-8-7-12(3)14(9-13)10-15/h8,10-12,14H,4-7,9H2,1-3H3. The Morgan fingerprint density at radius 1 is 1.53 bits per heavy atom. The summed E-state index contributed by atoms with van der Waals surface area (Å²) in [5, 5.41) is 0. The average molecular weight is 208 g/mol. The van der Waals surface area contributed by atoms with Crippen LogP contribution in [0.4, 0.5) is 0 Å². The van der Waals surface area contributed by atoms with Gasteiger partial charge in [-0.15, -0.1) is 0 Å². The van der Waals surface area contributed by atoms with Gasteiger partial charge in [0.25, 0.3) is 0 Å². The van der Waals surface area contributed by atoms with Gasteiger partial charge in [0.15, 0.2) is 0 Å². The molecule has 1 aliphatic carbocycles. The van der Waals surface area contributed by atoms with E-state index < -0.39 is 0 Å². The smallest absolute Gasteiger partial charge is 0.123 e. The molecule has 0 fully saturated rings. The van der Waals surface area contributed by atoms with Gasteiger partial charge in [0, 0.05) is 5.92 Å². The third-order valence-corrected chi connectivity index (χ3v) is 3.46. The molecule has 0 amide bonds. The van der Waals surface area contributed by atoms with Crippen LogP contribution in [0.5, 0.6) is 0 Å². The van der Waals surface area contributed by atoms with Crippen molar-refractivity contribution in [3.8, 4) is 0 Å². The summed E-state index contributed by atoms with van der Waals surface area (Å²) < 4.78 is 0. The molecule has 0 radical (unpaired) electrons. The number of carbonyl (C=O) groups excluding carboxylic acids is 1. The van der Waals surface area contributed by atoms with Crippen LogP contribution >= 0.6 is 0 Å². The number of rotatable bonds is 5. The van der Waals surface area contributed by atoms with E-state index in [1.165, 1.54) is 24.8 Å². The maximum atomic E-state index is 10.9. The van der Waals surface area contributed by atoms with Gasteiger partial charge in [-0.3, -0.25) is 0 Å². The predicted molar refractivity (Wildman–Crippen MR) is 64.7 cm³/mol. The molecule has 86 valence electrons. The minimum Gasteiger partial charge on any atom is -0.303 e. The molecule has 0 heterocycles.